The van der Waals surface area contributed by atoms with Crippen molar-refractivity contribution in [3.63, 3.8) is 0 Å². The van der Waals surface area contributed by atoms with Gasteiger partial charge < -0.3 is 10.1 Å². The van der Waals surface area contributed by atoms with Crippen molar-refractivity contribution < 1.29 is 9.53 Å². The molecule has 0 aliphatic heterocycles. The van der Waals surface area contributed by atoms with Crippen molar-refractivity contribution in [2.45, 2.75) is 59.3 Å². The van der Waals surface area contributed by atoms with Crippen LogP contribution in [0.15, 0.2) is 11.6 Å². The van der Waals surface area contributed by atoms with E-state index >= 15 is 0 Å². The van der Waals surface area contributed by atoms with Gasteiger partial charge in [0.2, 0.25) is 0 Å². The average molecular weight is 285 g/mol. The van der Waals surface area contributed by atoms with Crippen LogP contribution >= 0.6 is 12.2 Å². The number of carbonyl (C=O) groups is 1. The van der Waals surface area contributed by atoms with Gasteiger partial charge in [-0.25, -0.2) is 4.79 Å². The van der Waals surface area contributed by atoms with Gasteiger partial charge in [-0.3, -0.25) is 0 Å². The van der Waals surface area contributed by atoms with Crippen LogP contribution < -0.4 is 5.32 Å². The van der Waals surface area contributed by atoms with Crippen LogP contribution in [0, 0.1) is 0 Å². The molecular weight excluding hydrogens is 258 g/mol. The summed E-state index contributed by atoms with van der Waals surface area (Å²) in [5.41, 5.74) is 0.689. The molecule has 0 radical (unpaired) electrons. The fourth-order valence-corrected chi connectivity index (χ4v) is 1.69. The monoisotopic (exact) mass is 285 g/mol. The largest absolute Gasteiger partial charge is 0.463 e. The molecule has 0 heterocycles. The highest BCUT2D eigenvalue weighted by Gasteiger charge is 2.10. The normalized spacial score (nSPS) is 11.2. The predicted molar refractivity (Wildman–Crippen MR) is 84.4 cm³/mol. The summed E-state index contributed by atoms with van der Waals surface area (Å²) in [7, 11) is 0. The molecule has 0 aromatic rings. The first kappa shape index (κ1) is 18.1. The highest BCUT2D eigenvalue weighted by Crippen LogP contribution is 2.07. The van der Waals surface area contributed by atoms with Crippen molar-refractivity contribution in [2.24, 2.45) is 0 Å². The zero-order valence-corrected chi connectivity index (χ0v) is 13.3. The lowest BCUT2D eigenvalue weighted by Gasteiger charge is -2.09. The molecule has 0 atom stereocenters. The number of unbranched alkanes of at least 4 members (excludes halogenated alkanes) is 4. The Kier molecular flexibility index (Phi) is 11.6. The molecule has 0 spiro atoms. The van der Waals surface area contributed by atoms with E-state index < -0.39 is 0 Å². The third kappa shape index (κ3) is 9.65. The van der Waals surface area contributed by atoms with Crippen molar-refractivity contribution in [2.75, 3.05) is 13.2 Å². The van der Waals surface area contributed by atoms with Gasteiger partial charge in [-0.1, -0.05) is 51.4 Å². The molecule has 0 bridgehead atoms. The number of rotatable bonds is 10. The van der Waals surface area contributed by atoms with Gasteiger partial charge in [0.25, 0.3) is 0 Å². The Balaban J connectivity index is 4.27. The summed E-state index contributed by atoms with van der Waals surface area (Å²) < 4.78 is 5.06. The Bertz CT molecular complexity index is 301. The van der Waals surface area contributed by atoms with E-state index in [0.29, 0.717) is 18.7 Å². The maximum atomic E-state index is 11.8. The minimum absolute atomic E-state index is 0.232. The van der Waals surface area contributed by atoms with Crippen molar-refractivity contribution in [1.29, 1.82) is 0 Å². The predicted octanol–water partition coefficient (Wildman–Crippen LogP) is 3.77. The van der Waals surface area contributed by atoms with E-state index in [2.05, 4.69) is 12.2 Å². The quantitative estimate of drug-likeness (QED) is 0.287. The molecule has 0 aromatic heterocycles. The van der Waals surface area contributed by atoms with Gasteiger partial charge in [-0.05, 0) is 26.2 Å². The summed E-state index contributed by atoms with van der Waals surface area (Å²) in [6.45, 7) is 6.88. The van der Waals surface area contributed by atoms with Gasteiger partial charge >= 0.3 is 5.97 Å². The van der Waals surface area contributed by atoms with Gasteiger partial charge in [0, 0.05) is 6.54 Å². The van der Waals surface area contributed by atoms with Crippen LogP contribution in [0.2, 0.25) is 0 Å². The SMILES string of the molecule is CCCCCCC=C(CNC(=S)CC)C(=O)OCC. The lowest BCUT2D eigenvalue weighted by atomic mass is 10.1. The molecule has 0 aliphatic carbocycles. The number of nitrogens with one attached hydrogen (secondary N) is 1. The van der Waals surface area contributed by atoms with Crippen LogP contribution in [-0.2, 0) is 9.53 Å². The van der Waals surface area contributed by atoms with Crippen molar-refractivity contribution in [1.82, 2.24) is 5.32 Å². The van der Waals surface area contributed by atoms with Crippen LogP contribution in [0.5, 0.6) is 0 Å². The van der Waals surface area contributed by atoms with E-state index in [1.54, 1.807) is 0 Å². The van der Waals surface area contributed by atoms with Crippen molar-refractivity contribution >= 4 is 23.2 Å². The van der Waals surface area contributed by atoms with Crippen molar-refractivity contribution in [3.8, 4) is 0 Å². The van der Waals surface area contributed by atoms with Gasteiger partial charge in [0.1, 0.15) is 0 Å². The lowest BCUT2D eigenvalue weighted by Crippen LogP contribution is -2.26. The second-order valence-electron chi connectivity index (χ2n) is 4.43. The average Bonchev–Trinajstić information content (AvgIpc) is 2.41. The Morgan fingerprint density at radius 2 is 1.95 bits per heavy atom. The number of allylic oxidation sites excluding steroid dienone is 1. The molecule has 0 aliphatic rings. The Morgan fingerprint density at radius 1 is 1.21 bits per heavy atom. The third-order valence-corrected chi connectivity index (χ3v) is 3.22. The fraction of sp³-hybridized carbons (Fsp3) is 0.733. The standard InChI is InChI=1S/C15H27NO2S/c1-4-7-8-9-10-11-13(15(17)18-6-3)12-16-14(19)5-2/h11H,4-10,12H2,1-3H3,(H,16,19). The summed E-state index contributed by atoms with van der Waals surface area (Å²) in [6.07, 6.45) is 8.51. The summed E-state index contributed by atoms with van der Waals surface area (Å²) >= 11 is 5.10. The molecule has 0 unspecified atom stereocenters. The zero-order valence-electron chi connectivity index (χ0n) is 12.5. The molecule has 0 fully saturated rings. The first-order chi connectivity index (χ1) is 9.15. The maximum absolute atomic E-state index is 11.8. The first-order valence-corrected chi connectivity index (χ1v) is 7.69. The second-order valence-corrected chi connectivity index (χ2v) is 4.92. The molecule has 1 N–H and O–H groups in total. The minimum Gasteiger partial charge on any atom is -0.463 e. The third-order valence-electron chi connectivity index (χ3n) is 2.78. The number of thiocarbonyl (C=S) groups is 1. The van der Waals surface area contributed by atoms with E-state index in [9.17, 15) is 4.79 Å². The molecule has 0 rings (SSSR count). The van der Waals surface area contributed by atoms with E-state index in [-0.39, 0.29) is 5.97 Å². The van der Waals surface area contributed by atoms with Crippen molar-refractivity contribution in [3.05, 3.63) is 11.6 Å². The van der Waals surface area contributed by atoms with Gasteiger partial charge in [0.15, 0.2) is 0 Å². The van der Waals surface area contributed by atoms with E-state index in [4.69, 9.17) is 17.0 Å². The first-order valence-electron chi connectivity index (χ1n) is 7.28. The van der Waals surface area contributed by atoms with Crippen LogP contribution in [0.25, 0.3) is 0 Å². The summed E-state index contributed by atoms with van der Waals surface area (Å²) in [5.74, 6) is -0.232. The second kappa shape index (κ2) is 12.2. The number of hydrogen-bond acceptors (Lipinski definition) is 3. The number of hydrogen-bond donors (Lipinski definition) is 1. The van der Waals surface area contributed by atoms with E-state index in [0.717, 1.165) is 24.3 Å². The summed E-state index contributed by atoms with van der Waals surface area (Å²) in [4.78, 5) is 12.6. The molecule has 19 heavy (non-hydrogen) atoms. The fourth-order valence-electron chi connectivity index (χ4n) is 1.62. The molecule has 0 amide bonds. The molecular formula is C15H27NO2S. The zero-order chi connectivity index (χ0) is 14.5. The van der Waals surface area contributed by atoms with Crippen LogP contribution in [0.4, 0.5) is 0 Å². The number of esters is 1. The van der Waals surface area contributed by atoms with E-state index in [1.807, 2.05) is 19.9 Å². The maximum Gasteiger partial charge on any atom is 0.335 e. The van der Waals surface area contributed by atoms with Gasteiger partial charge in [-0.2, -0.15) is 0 Å². The van der Waals surface area contributed by atoms with Gasteiger partial charge in [0.05, 0.1) is 17.2 Å². The van der Waals surface area contributed by atoms with Crippen LogP contribution in [0.1, 0.15) is 59.3 Å². The molecule has 0 saturated carbocycles. The molecule has 110 valence electrons. The number of carbonyl (C=O) groups excluding carboxylic acids is 1. The Labute approximate surface area is 122 Å². The highest BCUT2D eigenvalue weighted by atomic mass is 32.1. The Hall–Kier alpha value is -0.900. The smallest absolute Gasteiger partial charge is 0.335 e. The Morgan fingerprint density at radius 3 is 2.53 bits per heavy atom. The molecule has 3 nitrogen and oxygen atoms in total. The molecule has 0 aromatic carbocycles. The summed E-state index contributed by atoms with van der Waals surface area (Å²) in [5, 5.41) is 3.09. The van der Waals surface area contributed by atoms with Gasteiger partial charge in [-0.15, -0.1) is 0 Å². The van der Waals surface area contributed by atoms with Crippen LogP contribution in [0.3, 0.4) is 0 Å². The summed E-state index contributed by atoms with van der Waals surface area (Å²) in [6, 6.07) is 0. The molecule has 0 saturated heterocycles. The lowest BCUT2D eigenvalue weighted by molar-refractivity contribution is -0.138. The van der Waals surface area contributed by atoms with Crippen LogP contribution in [-0.4, -0.2) is 24.1 Å². The number of ether oxygens (including phenoxy) is 1. The van der Waals surface area contributed by atoms with E-state index in [1.165, 1.54) is 19.3 Å². The molecule has 4 heteroatoms. The minimum atomic E-state index is -0.232. The topological polar surface area (TPSA) is 38.3 Å². The highest BCUT2D eigenvalue weighted by molar-refractivity contribution is 7.80.